The molecule has 0 saturated carbocycles. The van der Waals surface area contributed by atoms with Gasteiger partial charge in [-0.1, -0.05) is 197 Å². The Bertz CT molecular complexity index is 1290. The topological polar surface area (TPSA) is 111 Å². The van der Waals surface area contributed by atoms with Gasteiger partial charge in [0.2, 0.25) is 0 Å². The van der Waals surface area contributed by atoms with Crippen LogP contribution in [0.4, 0.5) is 0 Å². The van der Waals surface area contributed by atoms with Crippen molar-refractivity contribution in [3.63, 3.8) is 0 Å². The first kappa shape index (κ1) is 62.7. The number of unbranched alkanes of at least 4 members (excludes halogenated alkanes) is 24. The number of phosphoric ester groups is 1. The molecular weight excluding hydrogens is 834 g/mol. The summed E-state index contributed by atoms with van der Waals surface area (Å²) < 4.78 is 34.0. The molecule has 2 atom stereocenters. The standard InChI is InChI=1S/C55H100NO8P/c1-6-8-10-12-14-16-18-20-22-23-24-25-26-27-28-29-30-31-32-33-34-36-38-40-42-44-46-48-55(58)64-53(52-63-65(59,60)62-50-49-56(3,4)5)51-61-54(57)47-45-43-41-39-37-35-21-19-17-15-13-11-9-7-2/h8,10,14,16,19-22,24-25,53H,6-7,9,11-13,15,17-18,23,26-52H2,1-5H3/b10-8-,16-14-,21-19-,22-20-,25-24-. The van der Waals surface area contributed by atoms with Crippen LogP contribution in [0.1, 0.15) is 226 Å². The molecule has 9 nitrogen and oxygen atoms in total. The molecule has 0 radical (unpaired) electrons. The van der Waals surface area contributed by atoms with E-state index < -0.39 is 32.5 Å². The van der Waals surface area contributed by atoms with Gasteiger partial charge in [0.1, 0.15) is 19.8 Å². The van der Waals surface area contributed by atoms with Crippen molar-refractivity contribution in [1.29, 1.82) is 0 Å². The van der Waals surface area contributed by atoms with Crippen LogP contribution < -0.4 is 4.89 Å². The minimum Gasteiger partial charge on any atom is -0.756 e. The Balaban J connectivity index is 4.16. The minimum absolute atomic E-state index is 0.0331. The van der Waals surface area contributed by atoms with Crippen LogP contribution in [0.25, 0.3) is 0 Å². The van der Waals surface area contributed by atoms with Gasteiger partial charge in [-0.15, -0.1) is 0 Å². The second-order valence-electron chi connectivity index (χ2n) is 18.9. The number of carbonyl (C=O) groups excluding carboxylic acids is 2. The van der Waals surface area contributed by atoms with E-state index in [1.54, 1.807) is 0 Å². The highest BCUT2D eigenvalue weighted by Crippen LogP contribution is 2.38. The van der Waals surface area contributed by atoms with Gasteiger partial charge < -0.3 is 27.9 Å². The summed E-state index contributed by atoms with van der Waals surface area (Å²) in [6.07, 6.45) is 58.3. The first-order valence-corrected chi connectivity index (χ1v) is 28.0. The number of allylic oxidation sites excluding steroid dienone is 10. The second kappa shape index (κ2) is 46.8. The van der Waals surface area contributed by atoms with Crippen molar-refractivity contribution in [2.75, 3.05) is 47.5 Å². The molecule has 0 bridgehead atoms. The largest absolute Gasteiger partial charge is 0.756 e. The molecule has 0 aliphatic rings. The average Bonchev–Trinajstić information content (AvgIpc) is 3.26. The molecule has 0 aliphatic carbocycles. The lowest BCUT2D eigenvalue weighted by Crippen LogP contribution is -2.37. The van der Waals surface area contributed by atoms with E-state index in [1.807, 2.05) is 21.1 Å². The van der Waals surface area contributed by atoms with Gasteiger partial charge in [0, 0.05) is 12.8 Å². The molecule has 0 aromatic rings. The summed E-state index contributed by atoms with van der Waals surface area (Å²) >= 11 is 0. The maximum absolute atomic E-state index is 12.8. The molecule has 378 valence electrons. The number of hydrogen-bond acceptors (Lipinski definition) is 8. The van der Waals surface area contributed by atoms with Crippen molar-refractivity contribution >= 4 is 19.8 Å². The van der Waals surface area contributed by atoms with E-state index in [1.165, 1.54) is 109 Å². The molecule has 0 amide bonds. The molecule has 10 heteroatoms. The summed E-state index contributed by atoms with van der Waals surface area (Å²) in [5.41, 5.74) is 0. The lowest BCUT2D eigenvalue weighted by molar-refractivity contribution is -0.870. The van der Waals surface area contributed by atoms with E-state index in [0.29, 0.717) is 17.4 Å². The molecule has 0 saturated heterocycles. The van der Waals surface area contributed by atoms with E-state index in [9.17, 15) is 19.0 Å². The molecule has 65 heavy (non-hydrogen) atoms. The summed E-state index contributed by atoms with van der Waals surface area (Å²) in [7, 11) is 1.16. The van der Waals surface area contributed by atoms with E-state index >= 15 is 0 Å². The van der Waals surface area contributed by atoms with Crippen LogP contribution in [0.15, 0.2) is 60.8 Å². The van der Waals surface area contributed by atoms with Crippen molar-refractivity contribution in [2.45, 2.75) is 232 Å². The molecule has 0 spiro atoms. The van der Waals surface area contributed by atoms with Crippen LogP contribution in [-0.4, -0.2) is 70.0 Å². The maximum atomic E-state index is 12.8. The number of rotatable bonds is 48. The fourth-order valence-electron chi connectivity index (χ4n) is 7.17. The molecule has 0 rings (SSSR count). The van der Waals surface area contributed by atoms with Crippen molar-refractivity contribution in [3.05, 3.63) is 60.8 Å². The molecular formula is C55H100NO8P. The smallest absolute Gasteiger partial charge is 0.306 e. The van der Waals surface area contributed by atoms with Gasteiger partial charge in [0.05, 0.1) is 27.7 Å². The first-order chi connectivity index (χ1) is 31.5. The Hall–Kier alpha value is -2.29. The number of nitrogens with zero attached hydrogens (tertiary/aromatic N) is 1. The number of hydrogen-bond donors (Lipinski definition) is 0. The zero-order chi connectivity index (χ0) is 47.8. The molecule has 0 heterocycles. The maximum Gasteiger partial charge on any atom is 0.306 e. The molecule has 0 fully saturated rings. The van der Waals surface area contributed by atoms with Gasteiger partial charge in [-0.25, -0.2) is 0 Å². The fraction of sp³-hybridized carbons (Fsp3) is 0.782. The van der Waals surface area contributed by atoms with Crippen LogP contribution in [-0.2, 0) is 32.7 Å². The van der Waals surface area contributed by atoms with E-state index in [0.717, 1.165) is 83.5 Å². The number of esters is 2. The van der Waals surface area contributed by atoms with Crippen molar-refractivity contribution in [2.24, 2.45) is 0 Å². The third-order valence-electron chi connectivity index (χ3n) is 11.3. The third kappa shape index (κ3) is 51.0. The van der Waals surface area contributed by atoms with Gasteiger partial charge in [0.15, 0.2) is 6.10 Å². The average molecular weight is 934 g/mol. The molecule has 0 aliphatic heterocycles. The van der Waals surface area contributed by atoms with Crippen LogP contribution in [0.2, 0.25) is 0 Å². The number of ether oxygens (including phenoxy) is 2. The van der Waals surface area contributed by atoms with Gasteiger partial charge >= 0.3 is 11.9 Å². The third-order valence-corrected chi connectivity index (χ3v) is 12.2. The van der Waals surface area contributed by atoms with E-state index in [2.05, 4.69) is 74.6 Å². The monoisotopic (exact) mass is 934 g/mol. The van der Waals surface area contributed by atoms with Gasteiger partial charge in [0.25, 0.3) is 7.82 Å². The summed E-state index contributed by atoms with van der Waals surface area (Å²) in [5.74, 6) is -0.841. The predicted octanol–water partition coefficient (Wildman–Crippen LogP) is 15.3. The second-order valence-corrected chi connectivity index (χ2v) is 20.3. The van der Waals surface area contributed by atoms with Crippen LogP contribution in [0.3, 0.4) is 0 Å². The SMILES string of the molecule is CC/C=C\C/C=C\C/C=C\C/C=C\CCCCCCCCCCCCCCCCC(=O)OC(COC(=O)CCCCCCC/C=C\CCCCCCC)COP(=O)([O-])OCC[N+](C)(C)C. The summed E-state index contributed by atoms with van der Waals surface area (Å²) in [6.45, 7) is 4.11. The lowest BCUT2D eigenvalue weighted by Gasteiger charge is -2.28. The van der Waals surface area contributed by atoms with E-state index in [4.69, 9.17) is 18.5 Å². The van der Waals surface area contributed by atoms with Crippen LogP contribution in [0, 0.1) is 0 Å². The highest BCUT2D eigenvalue weighted by molar-refractivity contribution is 7.45. The van der Waals surface area contributed by atoms with Crippen molar-refractivity contribution < 1.29 is 42.1 Å². The molecule has 0 aromatic heterocycles. The number of carbonyl (C=O) groups is 2. The summed E-state index contributed by atoms with van der Waals surface area (Å²) in [4.78, 5) is 37.7. The Labute approximate surface area is 400 Å². The minimum atomic E-state index is -4.63. The van der Waals surface area contributed by atoms with Gasteiger partial charge in [-0.3, -0.25) is 14.2 Å². The lowest BCUT2D eigenvalue weighted by atomic mass is 10.0. The van der Waals surface area contributed by atoms with Crippen LogP contribution in [0.5, 0.6) is 0 Å². The number of likely N-dealkylation sites (N-methyl/N-ethyl adjacent to an activating group) is 1. The molecule has 0 aromatic carbocycles. The van der Waals surface area contributed by atoms with Gasteiger partial charge in [-0.05, 0) is 77.0 Å². The van der Waals surface area contributed by atoms with Gasteiger partial charge in [-0.2, -0.15) is 0 Å². The Morgan fingerprint density at radius 3 is 1.32 bits per heavy atom. The fourth-order valence-corrected chi connectivity index (χ4v) is 7.90. The summed E-state index contributed by atoms with van der Waals surface area (Å²) in [5, 5.41) is 0. The quantitative estimate of drug-likeness (QED) is 0.0195. The Morgan fingerprint density at radius 1 is 0.492 bits per heavy atom. The molecule has 2 unspecified atom stereocenters. The summed E-state index contributed by atoms with van der Waals surface area (Å²) in [6, 6.07) is 0. The van der Waals surface area contributed by atoms with Crippen molar-refractivity contribution in [3.8, 4) is 0 Å². The predicted molar refractivity (Wildman–Crippen MR) is 273 cm³/mol. The normalized spacial score (nSPS) is 13.9. The zero-order valence-corrected chi connectivity index (χ0v) is 43.6. The zero-order valence-electron chi connectivity index (χ0n) is 42.7. The van der Waals surface area contributed by atoms with Crippen LogP contribution >= 0.6 is 7.82 Å². The highest BCUT2D eigenvalue weighted by Gasteiger charge is 2.21. The Kier molecular flexibility index (Phi) is 45.2. The van der Waals surface area contributed by atoms with E-state index in [-0.39, 0.29) is 26.1 Å². The highest BCUT2D eigenvalue weighted by atomic mass is 31.2. The Morgan fingerprint density at radius 2 is 0.877 bits per heavy atom. The van der Waals surface area contributed by atoms with Crippen molar-refractivity contribution in [1.82, 2.24) is 0 Å². The number of quaternary nitrogens is 1. The first-order valence-electron chi connectivity index (χ1n) is 26.5. The molecule has 0 N–H and O–H groups in total. The number of phosphoric acid groups is 1.